The van der Waals surface area contributed by atoms with Crippen molar-refractivity contribution >= 4 is 15.9 Å². The molecule has 0 saturated heterocycles. The molecule has 0 aliphatic heterocycles. The van der Waals surface area contributed by atoms with Crippen LogP contribution in [0.4, 0.5) is 0 Å². The lowest BCUT2D eigenvalue weighted by atomic mass is 10.2. The van der Waals surface area contributed by atoms with Crippen molar-refractivity contribution < 1.29 is 4.74 Å². The first-order chi connectivity index (χ1) is 9.65. The molecule has 108 valence electrons. The Kier molecular flexibility index (Phi) is 5.08. The SMILES string of the molecule is CCCNC(C)c1nnnn1-c1cc(Br)cc(OC)c1. The number of aromatic nitrogens is 4. The largest absolute Gasteiger partial charge is 0.497 e. The zero-order valence-corrected chi connectivity index (χ0v) is 13.4. The van der Waals surface area contributed by atoms with E-state index in [1.807, 2.05) is 25.1 Å². The number of nitrogens with zero attached hydrogens (tertiary/aromatic N) is 4. The molecule has 0 radical (unpaired) electrons. The summed E-state index contributed by atoms with van der Waals surface area (Å²) < 4.78 is 7.91. The van der Waals surface area contributed by atoms with E-state index < -0.39 is 0 Å². The molecule has 7 heteroatoms. The first-order valence-electron chi connectivity index (χ1n) is 6.52. The van der Waals surface area contributed by atoms with Crippen LogP contribution in [0.5, 0.6) is 5.75 Å². The number of ether oxygens (including phenoxy) is 1. The number of rotatable bonds is 6. The number of methoxy groups -OCH3 is 1. The molecule has 0 fully saturated rings. The first kappa shape index (κ1) is 14.9. The normalized spacial score (nSPS) is 12.4. The maximum absolute atomic E-state index is 5.27. The van der Waals surface area contributed by atoms with Crippen LogP contribution in [-0.2, 0) is 0 Å². The van der Waals surface area contributed by atoms with E-state index in [0.717, 1.165) is 34.7 Å². The molecule has 0 bridgehead atoms. The number of hydrogen-bond donors (Lipinski definition) is 1. The standard InChI is InChI=1S/C13H18BrN5O/c1-4-5-15-9(2)13-16-17-18-19(13)11-6-10(14)7-12(8-11)20-3/h6-9,15H,4-5H2,1-3H3. The van der Waals surface area contributed by atoms with Gasteiger partial charge in [0.2, 0.25) is 0 Å². The zero-order chi connectivity index (χ0) is 14.5. The molecule has 0 aliphatic carbocycles. The number of tetrazole rings is 1. The van der Waals surface area contributed by atoms with Gasteiger partial charge >= 0.3 is 0 Å². The van der Waals surface area contributed by atoms with Gasteiger partial charge in [0.05, 0.1) is 18.8 Å². The fourth-order valence-corrected chi connectivity index (χ4v) is 2.35. The Morgan fingerprint density at radius 1 is 1.40 bits per heavy atom. The molecule has 1 atom stereocenters. The van der Waals surface area contributed by atoms with Crippen LogP contribution in [0.2, 0.25) is 0 Å². The summed E-state index contributed by atoms with van der Waals surface area (Å²) in [5.74, 6) is 1.53. The molecular weight excluding hydrogens is 322 g/mol. The van der Waals surface area contributed by atoms with E-state index in [1.54, 1.807) is 11.8 Å². The van der Waals surface area contributed by atoms with Crippen molar-refractivity contribution in [3.63, 3.8) is 0 Å². The number of halogens is 1. The second-order valence-corrected chi connectivity index (χ2v) is 5.39. The van der Waals surface area contributed by atoms with E-state index in [9.17, 15) is 0 Å². The van der Waals surface area contributed by atoms with Gasteiger partial charge in [-0.15, -0.1) is 5.10 Å². The predicted octanol–water partition coefficient (Wildman–Crippen LogP) is 2.49. The van der Waals surface area contributed by atoms with Gasteiger partial charge in [0, 0.05) is 10.5 Å². The van der Waals surface area contributed by atoms with Gasteiger partial charge in [0.15, 0.2) is 5.82 Å². The Hall–Kier alpha value is -1.47. The minimum Gasteiger partial charge on any atom is -0.497 e. The average molecular weight is 340 g/mol. The Balaban J connectivity index is 2.34. The quantitative estimate of drug-likeness (QED) is 0.875. The third-order valence-corrected chi connectivity index (χ3v) is 3.38. The van der Waals surface area contributed by atoms with Crippen LogP contribution in [0.1, 0.15) is 32.1 Å². The van der Waals surface area contributed by atoms with Crippen LogP contribution in [0.15, 0.2) is 22.7 Å². The summed E-state index contributed by atoms with van der Waals surface area (Å²) >= 11 is 3.47. The Morgan fingerprint density at radius 2 is 2.20 bits per heavy atom. The van der Waals surface area contributed by atoms with Crippen molar-refractivity contribution in [1.29, 1.82) is 0 Å². The molecule has 6 nitrogen and oxygen atoms in total. The van der Waals surface area contributed by atoms with Crippen LogP contribution in [0.3, 0.4) is 0 Å². The Bertz CT molecular complexity index is 572. The van der Waals surface area contributed by atoms with Crippen LogP contribution < -0.4 is 10.1 Å². The molecule has 1 N–H and O–H groups in total. The fraction of sp³-hybridized carbons (Fsp3) is 0.462. The van der Waals surface area contributed by atoms with Gasteiger partial charge in [-0.25, -0.2) is 0 Å². The smallest absolute Gasteiger partial charge is 0.173 e. The highest BCUT2D eigenvalue weighted by Crippen LogP contribution is 2.24. The molecule has 1 aromatic carbocycles. The van der Waals surface area contributed by atoms with E-state index in [2.05, 4.69) is 43.7 Å². The molecule has 1 unspecified atom stereocenters. The van der Waals surface area contributed by atoms with Gasteiger partial charge in [-0.05, 0) is 42.4 Å². The number of benzene rings is 1. The fourth-order valence-electron chi connectivity index (χ4n) is 1.89. The highest BCUT2D eigenvalue weighted by Gasteiger charge is 2.15. The molecule has 1 heterocycles. The summed E-state index contributed by atoms with van der Waals surface area (Å²) in [6.45, 7) is 5.10. The summed E-state index contributed by atoms with van der Waals surface area (Å²) in [7, 11) is 1.64. The van der Waals surface area contributed by atoms with Gasteiger partial charge in [-0.3, -0.25) is 0 Å². The van der Waals surface area contributed by atoms with Gasteiger partial charge in [0.1, 0.15) is 5.75 Å². The number of hydrogen-bond acceptors (Lipinski definition) is 5. The van der Waals surface area contributed by atoms with Crippen molar-refractivity contribution in [3.8, 4) is 11.4 Å². The monoisotopic (exact) mass is 339 g/mol. The van der Waals surface area contributed by atoms with Gasteiger partial charge < -0.3 is 10.1 Å². The molecule has 0 spiro atoms. The first-order valence-corrected chi connectivity index (χ1v) is 7.31. The summed E-state index contributed by atoms with van der Waals surface area (Å²) in [6, 6.07) is 5.83. The van der Waals surface area contributed by atoms with Crippen molar-refractivity contribution in [1.82, 2.24) is 25.5 Å². The predicted molar refractivity (Wildman–Crippen MR) is 80.1 cm³/mol. The topological polar surface area (TPSA) is 64.9 Å². The van der Waals surface area contributed by atoms with Gasteiger partial charge in [-0.1, -0.05) is 22.9 Å². The lowest BCUT2D eigenvalue weighted by molar-refractivity contribution is 0.414. The molecule has 2 aromatic rings. The molecule has 20 heavy (non-hydrogen) atoms. The van der Waals surface area contributed by atoms with Crippen molar-refractivity contribution in [2.24, 2.45) is 0 Å². The highest BCUT2D eigenvalue weighted by atomic mass is 79.9. The summed E-state index contributed by atoms with van der Waals surface area (Å²) in [5.41, 5.74) is 0.862. The van der Waals surface area contributed by atoms with E-state index in [0.29, 0.717) is 0 Å². The number of nitrogens with one attached hydrogen (secondary N) is 1. The molecule has 0 saturated carbocycles. The average Bonchev–Trinajstić information content (AvgIpc) is 2.93. The molecule has 2 rings (SSSR count). The van der Waals surface area contributed by atoms with Crippen LogP contribution in [0.25, 0.3) is 5.69 Å². The maximum Gasteiger partial charge on any atom is 0.173 e. The maximum atomic E-state index is 5.27. The molecule has 0 aliphatic rings. The zero-order valence-electron chi connectivity index (χ0n) is 11.8. The summed E-state index contributed by atoms with van der Waals surface area (Å²) in [4.78, 5) is 0. The molecular formula is C13H18BrN5O. The van der Waals surface area contributed by atoms with Crippen LogP contribution in [-0.4, -0.2) is 33.9 Å². The van der Waals surface area contributed by atoms with Crippen molar-refractivity contribution in [2.75, 3.05) is 13.7 Å². The Morgan fingerprint density at radius 3 is 2.90 bits per heavy atom. The lowest BCUT2D eigenvalue weighted by Gasteiger charge is -2.13. The summed E-state index contributed by atoms with van der Waals surface area (Å²) in [5, 5.41) is 15.3. The minimum absolute atomic E-state index is 0.0786. The third-order valence-electron chi connectivity index (χ3n) is 2.92. The Labute approximate surface area is 126 Å². The second kappa shape index (κ2) is 6.81. The summed E-state index contributed by atoms with van der Waals surface area (Å²) in [6.07, 6.45) is 1.07. The van der Waals surface area contributed by atoms with E-state index >= 15 is 0 Å². The minimum atomic E-state index is 0.0786. The van der Waals surface area contributed by atoms with Crippen LogP contribution >= 0.6 is 15.9 Å². The van der Waals surface area contributed by atoms with E-state index in [1.165, 1.54) is 0 Å². The van der Waals surface area contributed by atoms with Gasteiger partial charge in [0.25, 0.3) is 0 Å². The van der Waals surface area contributed by atoms with E-state index in [-0.39, 0.29) is 6.04 Å². The molecule has 0 amide bonds. The van der Waals surface area contributed by atoms with E-state index in [4.69, 9.17) is 4.74 Å². The highest BCUT2D eigenvalue weighted by molar-refractivity contribution is 9.10. The van der Waals surface area contributed by atoms with Gasteiger partial charge in [-0.2, -0.15) is 4.68 Å². The lowest BCUT2D eigenvalue weighted by Crippen LogP contribution is -2.22. The molecule has 1 aromatic heterocycles. The van der Waals surface area contributed by atoms with Crippen LogP contribution in [0, 0.1) is 0 Å². The van der Waals surface area contributed by atoms with Crippen molar-refractivity contribution in [3.05, 3.63) is 28.5 Å². The second-order valence-electron chi connectivity index (χ2n) is 4.47. The van der Waals surface area contributed by atoms with Crippen molar-refractivity contribution in [2.45, 2.75) is 26.3 Å². The third kappa shape index (κ3) is 3.34.